The van der Waals surface area contributed by atoms with Gasteiger partial charge in [0.1, 0.15) is 0 Å². The Morgan fingerprint density at radius 2 is 1.57 bits per heavy atom. The van der Waals surface area contributed by atoms with Crippen LogP contribution in [-0.2, 0) is 10.2 Å². The van der Waals surface area contributed by atoms with E-state index in [4.69, 9.17) is 5.73 Å². The fourth-order valence-electron chi connectivity index (χ4n) is 3.75. The van der Waals surface area contributed by atoms with Crippen LogP contribution in [0.3, 0.4) is 0 Å². The molecule has 1 fully saturated rings. The first kappa shape index (κ1) is 27.0. The number of nitrogens with two attached hydrogens (primary N) is 1. The Hall–Kier alpha value is -0.970. The van der Waals surface area contributed by atoms with Crippen LogP contribution >= 0.6 is 24.8 Å². The van der Waals surface area contributed by atoms with Crippen LogP contribution in [-0.4, -0.2) is 31.6 Å². The highest BCUT2D eigenvalue weighted by atomic mass is 35.5. The molecule has 0 aromatic heterocycles. The van der Waals surface area contributed by atoms with Crippen molar-refractivity contribution in [2.24, 2.45) is 11.1 Å². The lowest BCUT2D eigenvalue weighted by Crippen LogP contribution is -2.51. The molecule has 2 rings (SSSR count). The van der Waals surface area contributed by atoms with Gasteiger partial charge in [-0.3, -0.25) is 4.79 Å². The highest BCUT2D eigenvalue weighted by Gasteiger charge is 2.35. The number of carbonyl (C=O) groups excluding carboxylic acids is 1. The number of nitrogens with one attached hydrogen (secondary N) is 1. The van der Waals surface area contributed by atoms with Crippen molar-refractivity contribution in [1.29, 1.82) is 0 Å². The molecule has 1 amide bonds. The van der Waals surface area contributed by atoms with Crippen molar-refractivity contribution >= 4 is 36.4 Å². The first-order chi connectivity index (χ1) is 12.3. The van der Waals surface area contributed by atoms with Crippen LogP contribution in [0.15, 0.2) is 24.3 Å². The Morgan fingerprint density at radius 3 is 1.96 bits per heavy atom. The smallest absolute Gasteiger partial charge is 0.227 e. The second-order valence-electron chi connectivity index (χ2n) is 8.72. The second kappa shape index (κ2) is 11.3. The second-order valence-corrected chi connectivity index (χ2v) is 8.72. The number of benzene rings is 1. The first-order valence-corrected chi connectivity index (χ1v) is 10.1. The van der Waals surface area contributed by atoms with Gasteiger partial charge in [-0.1, -0.05) is 46.8 Å². The Bertz CT molecular complexity index is 579. The van der Waals surface area contributed by atoms with Gasteiger partial charge in [0, 0.05) is 31.4 Å². The molecule has 1 saturated heterocycles. The normalized spacial score (nSPS) is 15.4. The van der Waals surface area contributed by atoms with Crippen molar-refractivity contribution in [1.82, 2.24) is 5.32 Å². The maximum absolute atomic E-state index is 12.7. The SMILES string of the molecule is CCC(CC)(CN)C(=O)NC1CCN(c2ccc(C(C)(C)C)cc2)CC1.Cl.Cl. The number of anilines is 1. The van der Waals surface area contributed by atoms with E-state index in [-0.39, 0.29) is 42.2 Å². The van der Waals surface area contributed by atoms with Crippen molar-refractivity contribution in [3.05, 3.63) is 29.8 Å². The molecule has 0 unspecified atom stereocenters. The summed E-state index contributed by atoms with van der Waals surface area (Å²) in [5.74, 6) is 0.137. The molecule has 6 heteroatoms. The summed E-state index contributed by atoms with van der Waals surface area (Å²) < 4.78 is 0. The number of rotatable bonds is 6. The first-order valence-electron chi connectivity index (χ1n) is 10.1. The van der Waals surface area contributed by atoms with Gasteiger partial charge in [0.05, 0.1) is 5.41 Å². The van der Waals surface area contributed by atoms with Gasteiger partial charge >= 0.3 is 0 Å². The third-order valence-electron chi connectivity index (χ3n) is 6.15. The van der Waals surface area contributed by atoms with Gasteiger partial charge in [-0.2, -0.15) is 0 Å². The minimum atomic E-state index is -0.403. The molecule has 162 valence electrons. The lowest BCUT2D eigenvalue weighted by Gasteiger charge is -2.37. The molecule has 1 aliphatic rings. The number of hydrogen-bond acceptors (Lipinski definition) is 3. The van der Waals surface area contributed by atoms with Gasteiger partial charge in [-0.25, -0.2) is 0 Å². The minimum absolute atomic E-state index is 0. The largest absolute Gasteiger partial charge is 0.371 e. The number of halogens is 2. The summed E-state index contributed by atoms with van der Waals surface area (Å²) in [6, 6.07) is 9.19. The predicted molar refractivity (Wildman–Crippen MR) is 125 cm³/mol. The summed E-state index contributed by atoms with van der Waals surface area (Å²) >= 11 is 0. The van der Waals surface area contributed by atoms with Crippen LogP contribution in [0.5, 0.6) is 0 Å². The van der Waals surface area contributed by atoms with Gasteiger partial charge < -0.3 is 16.0 Å². The maximum atomic E-state index is 12.7. The number of hydrogen-bond donors (Lipinski definition) is 2. The molecule has 1 aromatic carbocycles. The van der Waals surface area contributed by atoms with Crippen molar-refractivity contribution in [3.63, 3.8) is 0 Å². The quantitative estimate of drug-likeness (QED) is 0.687. The molecule has 3 N–H and O–H groups in total. The zero-order valence-corrected chi connectivity index (χ0v) is 19.7. The number of carbonyl (C=O) groups is 1. The van der Waals surface area contributed by atoms with E-state index < -0.39 is 5.41 Å². The fourth-order valence-corrected chi connectivity index (χ4v) is 3.75. The minimum Gasteiger partial charge on any atom is -0.371 e. The van der Waals surface area contributed by atoms with E-state index in [9.17, 15) is 4.79 Å². The Kier molecular flexibility index (Phi) is 10.9. The van der Waals surface area contributed by atoms with Crippen molar-refractivity contribution in [2.45, 2.75) is 71.8 Å². The molecular formula is C22H39Cl2N3O. The highest BCUT2D eigenvalue weighted by molar-refractivity contribution is 5.85. The van der Waals surface area contributed by atoms with E-state index in [0.29, 0.717) is 6.54 Å². The van der Waals surface area contributed by atoms with Crippen molar-refractivity contribution in [2.75, 3.05) is 24.5 Å². The van der Waals surface area contributed by atoms with E-state index in [0.717, 1.165) is 38.8 Å². The topological polar surface area (TPSA) is 58.4 Å². The summed E-state index contributed by atoms with van der Waals surface area (Å²) in [6.07, 6.45) is 3.57. The molecule has 0 spiro atoms. The Morgan fingerprint density at radius 1 is 1.07 bits per heavy atom. The monoisotopic (exact) mass is 431 g/mol. The molecule has 0 aliphatic carbocycles. The Labute approximate surface area is 183 Å². The number of amides is 1. The average Bonchev–Trinajstić information content (AvgIpc) is 2.64. The van der Waals surface area contributed by atoms with E-state index in [1.54, 1.807) is 0 Å². The van der Waals surface area contributed by atoms with Crippen LogP contribution in [0, 0.1) is 5.41 Å². The van der Waals surface area contributed by atoms with Gasteiger partial charge in [0.25, 0.3) is 0 Å². The van der Waals surface area contributed by atoms with E-state index in [1.165, 1.54) is 11.3 Å². The summed E-state index contributed by atoms with van der Waals surface area (Å²) in [5.41, 5.74) is 8.33. The van der Waals surface area contributed by atoms with E-state index >= 15 is 0 Å². The zero-order valence-electron chi connectivity index (χ0n) is 18.1. The van der Waals surface area contributed by atoms with E-state index in [2.05, 4.69) is 69.1 Å². The fraction of sp³-hybridized carbons (Fsp3) is 0.682. The summed E-state index contributed by atoms with van der Waals surface area (Å²) in [7, 11) is 0. The molecule has 0 bridgehead atoms. The van der Waals surface area contributed by atoms with Gasteiger partial charge in [0.2, 0.25) is 5.91 Å². The van der Waals surface area contributed by atoms with Gasteiger partial charge in [-0.05, 0) is 48.8 Å². The van der Waals surface area contributed by atoms with Crippen LogP contribution in [0.1, 0.15) is 65.9 Å². The Balaban J connectivity index is 0.00000364. The van der Waals surface area contributed by atoms with Crippen LogP contribution in [0.25, 0.3) is 0 Å². The lowest BCUT2D eigenvalue weighted by atomic mass is 9.81. The molecule has 1 aliphatic heterocycles. The molecule has 1 heterocycles. The molecule has 0 radical (unpaired) electrons. The van der Waals surface area contributed by atoms with Gasteiger partial charge in [0.15, 0.2) is 0 Å². The van der Waals surface area contributed by atoms with Gasteiger partial charge in [-0.15, -0.1) is 24.8 Å². The number of nitrogens with zero attached hydrogens (tertiary/aromatic N) is 1. The summed E-state index contributed by atoms with van der Waals surface area (Å²) in [5, 5.41) is 3.27. The molecule has 4 nitrogen and oxygen atoms in total. The summed E-state index contributed by atoms with van der Waals surface area (Å²) in [4.78, 5) is 15.1. The number of piperidine rings is 1. The molecule has 0 saturated carbocycles. The standard InChI is InChI=1S/C22H37N3O.2ClH/c1-6-22(7-2,16-23)20(26)24-18-12-14-25(15-13-18)19-10-8-17(9-11-19)21(3,4)5;;/h8-11,18H,6-7,12-16,23H2,1-5H3,(H,24,26);2*1H. The van der Waals surface area contributed by atoms with E-state index in [1.807, 2.05) is 0 Å². The molecule has 0 atom stereocenters. The summed E-state index contributed by atoms with van der Waals surface area (Å²) in [6.45, 7) is 13.2. The van der Waals surface area contributed by atoms with Crippen LogP contribution in [0.2, 0.25) is 0 Å². The molecular weight excluding hydrogens is 393 g/mol. The molecule has 1 aromatic rings. The third kappa shape index (κ3) is 6.27. The lowest BCUT2D eigenvalue weighted by molar-refractivity contribution is -0.131. The van der Waals surface area contributed by atoms with Crippen molar-refractivity contribution in [3.8, 4) is 0 Å². The van der Waals surface area contributed by atoms with Crippen molar-refractivity contribution < 1.29 is 4.79 Å². The van der Waals surface area contributed by atoms with Crippen LogP contribution in [0.4, 0.5) is 5.69 Å². The predicted octanol–water partition coefficient (Wildman–Crippen LogP) is 4.68. The maximum Gasteiger partial charge on any atom is 0.227 e. The highest BCUT2D eigenvalue weighted by Crippen LogP contribution is 2.28. The average molecular weight is 432 g/mol. The third-order valence-corrected chi connectivity index (χ3v) is 6.15. The van der Waals surface area contributed by atoms with Crippen LogP contribution < -0.4 is 16.0 Å². The molecule has 28 heavy (non-hydrogen) atoms. The zero-order chi connectivity index (χ0) is 19.4.